The maximum Gasteiger partial charge on any atom is 0.354 e. The molecule has 0 saturated heterocycles. The number of anilines is 1. The molecule has 2 rings (SSSR count). The number of rotatable bonds is 5. The second-order valence-corrected chi connectivity index (χ2v) is 4.79. The van der Waals surface area contributed by atoms with E-state index in [0.717, 1.165) is 11.8 Å². The summed E-state index contributed by atoms with van der Waals surface area (Å²) in [5.74, 6) is -2.05. The first kappa shape index (κ1) is 17.2. The molecular weight excluding hydrogens is 317 g/mol. The van der Waals surface area contributed by atoms with Crippen molar-refractivity contribution in [3.63, 3.8) is 0 Å². The minimum atomic E-state index is -0.782. The highest BCUT2D eigenvalue weighted by atomic mass is 19.1. The van der Waals surface area contributed by atoms with Gasteiger partial charge in [0.25, 0.3) is 0 Å². The van der Waals surface area contributed by atoms with Gasteiger partial charge in [-0.25, -0.2) is 19.0 Å². The molecule has 0 saturated carbocycles. The van der Waals surface area contributed by atoms with Gasteiger partial charge in [-0.05, 0) is 25.1 Å². The van der Waals surface area contributed by atoms with Crippen molar-refractivity contribution in [3.05, 3.63) is 54.0 Å². The van der Waals surface area contributed by atoms with E-state index in [2.05, 4.69) is 19.8 Å². The molecule has 0 spiro atoms. The SMILES string of the molecule is COC(=O)/C=C(/Nc1ccc(-n2cnc(C)c2)c(F)c1)C(=O)OC. The van der Waals surface area contributed by atoms with Gasteiger partial charge in [0.05, 0.1) is 38.0 Å². The molecule has 1 aromatic heterocycles. The third-order valence-corrected chi connectivity index (χ3v) is 3.09. The summed E-state index contributed by atoms with van der Waals surface area (Å²) >= 11 is 0. The predicted molar refractivity (Wildman–Crippen MR) is 84.0 cm³/mol. The first-order valence-electron chi connectivity index (χ1n) is 6.90. The van der Waals surface area contributed by atoms with Crippen molar-refractivity contribution >= 4 is 17.6 Å². The number of hydrogen-bond acceptors (Lipinski definition) is 6. The molecule has 2 aromatic rings. The molecule has 0 aliphatic carbocycles. The van der Waals surface area contributed by atoms with Crippen LogP contribution in [0.2, 0.25) is 0 Å². The van der Waals surface area contributed by atoms with Gasteiger partial charge in [0, 0.05) is 11.9 Å². The second-order valence-electron chi connectivity index (χ2n) is 4.79. The molecular formula is C16H16FN3O4. The molecule has 126 valence electrons. The Labute approximate surface area is 137 Å². The number of esters is 2. The maximum absolute atomic E-state index is 14.3. The largest absolute Gasteiger partial charge is 0.466 e. The lowest BCUT2D eigenvalue weighted by Gasteiger charge is -2.11. The van der Waals surface area contributed by atoms with Gasteiger partial charge in [-0.3, -0.25) is 0 Å². The van der Waals surface area contributed by atoms with Gasteiger partial charge in [-0.1, -0.05) is 0 Å². The molecule has 8 heteroatoms. The van der Waals surface area contributed by atoms with Gasteiger partial charge in [-0.15, -0.1) is 0 Å². The number of carbonyl (C=O) groups is 2. The molecule has 1 heterocycles. The van der Waals surface area contributed by atoms with Gasteiger partial charge in [0.2, 0.25) is 0 Å². The highest BCUT2D eigenvalue weighted by molar-refractivity contribution is 5.98. The van der Waals surface area contributed by atoms with Crippen LogP contribution in [0.3, 0.4) is 0 Å². The van der Waals surface area contributed by atoms with Gasteiger partial charge in [-0.2, -0.15) is 0 Å². The average molecular weight is 333 g/mol. The topological polar surface area (TPSA) is 82.5 Å². The molecule has 0 fully saturated rings. The van der Waals surface area contributed by atoms with Crippen LogP contribution in [0.25, 0.3) is 5.69 Å². The van der Waals surface area contributed by atoms with Crippen molar-refractivity contribution in [1.82, 2.24) is 9.55 Å². The Bertz CT molecular complexity index is 798. The molecule has 1 aromatic carbocycles. The van der Waals surface area contributed by atoms with Crippen LogP contribution in [-0.2, 0) is 19.1 Å². The molecule has 0 atom stereocenters. The first-order chi connectivity index (χ1) is 11.4. The summed E-state index contributed by atoms with van der Waals surface area (Å²) in [6, 6.07) is 4.27. The van der Waals surface area contributed by atoms with Crippen molar-refractivity contribution in [3.8, 4) is 5.69 Å². The molecule has 24 heavy (non-hydrogen) atoms. The summed E-state index contributed by atoms with van der Waals surface area (Å²) in [4.78, 5) is 27.0. The zero-order valence-corrected chi connectivity index (χ0v) is 13.4. The Hall–Kier alpha value is -3.16. The predicted octanol–water partition coefficient (Wildman–Crippen LogP) is 1.96. The number of ether oxygens (including phenoxy) is 2. The van der Waals surface area contributed by atoms with E-state index in [4.69, 9.17) is 0 Å². The number of carbonyl (C=O) groups excluding carboxylic acids is 2. The number of methoxy groups -OCH3 is 2. The summed E-state index contributed by atoms with van der Waals surface area (Å²) in [7, 11) is 2.34. The minimum absolute atomic E-state index is 0.171. The molecule has 7 nitrogen and oxygen atoms in total. The summed E-state index contributed by atoms with van der Waals surface area (Å²) < 4.78 is 24.9. The average Bonchev–Trinajstić information content (AvgIpc) is 2.99. The highest BCUT2D eigenvalue weighted by Gasteiger charge is 2.14. The Balaban J connectivity index is 2.28. The van der Waals surface area contributed by atoms with Gasteiger partial charge < -0.3 is 19.4 Å². The van der Waals surface area contributed by atoms with Crippen LogP contribution < -0.4 is 5.32 Å². The third-order valence-electron chi connectivity index (χ3n) is 3.09. The van der Waals surface area contributed by atoms with Crippen molar-refractivity contribution < 1.29 is 23.5 Å². The zero-order chi connectivity index (χ0) is 17.7. The minimum Gasteiger partial charge on any atom is -0.466 e. The number of nitrogens with zero attached hydrogens (tertiary/aromatic N) is 2. The van der Waals surface area contributed by atoms with Crippen LogP contribution in [0.1, 0.15) is 5.69 Å². The van der Waals surface area contributed by atoms with E-state index < -0.39 is 17.8 Å². The lowest BCUT2D eigenvalue weighted by atomic mass is 10.2. The molecule has 0 aliphatic rings. The lowest BCUT2D eigenvalue weighted by Crippen LogP contribution is -2.15. The monoisotopic (exact) mass is 333 g/mol. The number of hydrogen-bond donors (Lipinski definition) is 1. The molecule has 0 unspecified atom stereocenters. The second kappa shape index (κ2) is 7.40. The fraction of sp³-hybridized carbons (Fsp3) is 0.188. The van der Waals surface area contributed by atoms with Crippen LogP contribution in [0.15, 0.2) is 42.5 Å². The van der Waals surface area contributed by atoms with E-state index >= 15 is 0 Å². The van der Waals surface area contributed by atoms with E-state index in [1.54, 1.807) is 23.8 Å². The van der Waals surface area contributed by atoms with Crippen molar-refractivity contribution in [1.29, 1.82) is 0 Å². The maximum atomic E-state index is 14.3. The smallest absolute Gasteiger partial charge is 0.354 e. The Morgan fingerprint density at radius 3 is 2.58 bits per heavy atom. The Kier molecular flexibility index (Phi) is 5.31. The lowest BCUT2D eigenvalue weighted by molar-refractivity contribution is -0.138. The normalized spacial score (nSPS) is 11.1. The van der Waals surface area contributed by atoms with E-state index in [0.29, 0.717) is 5.69 Å². The van der Waals surface area contributed by atoms with Crippen LogP contribution >= 0.6 is 0 Å². The number of halogens is 1. The quantitative estimate of drug-likeness (QED) is 0.665. The van der Waals surface area contributed by atoms with Crippen LogP contribution in [0, 0.1) is 12.7 Å². The standard InChI is InChI=1S/C16H16FN3O4/c1-10-8-20(9-18-10)14-5-4-11(6-12(14)17)19-13(16(22)24-3)7-15(21)23-2/h4-9,19H,1-3H3/b13-7+. The first-order valence-corrected chi connectivity index (χ1v) is 6.90. The summed E-state index contributed by atoms with van der Waals surface area (Å²) in [5.41, 5.74) is 1.16. The van der Waals surface area contributed by atoms with E-state index in [-0.39, 0.29) is 11.4 Å². The van der Waals surface area contributed by atoms with Crippen molar-refractivity contribution in [2.75, 3.05) is 19.5 Å². The fourth-order valence-corrected chi connectivity index (χ4v) is 1.94. The van der Waals surface area contributed by atoms with Crippen LogP contribution in [0.4, 0.5) is 10.1 Å². The summed E-state index contributed by atoms with van der Waals surface area (Å²) in [6.45, 7) is 1.80. The van der Waals surface area contributed by atoms with E-state index in [1.165, 1.54) is 32.7 Å². The van der Waals surface area contributed by atoms with Crippen molar-refractivity contribution in [2.45, 2.75) is 6.92 Å². The van der Waals surface area contributed by atoms with Crippen LogP contribution in [0.5, 0.6) is 0 Å². The molecule has 0 amide bonds. The van der Waals surface area contributed by atoms with E-state index in [9.17, 15) is 14.0 Å². The molecule has 0 bridgehead atoms. The number of aryl methyl sites for hydroxylation is 1. The Morgan fingerprint density at radius 2 is 2.04 bits per heavy atom. The third kappa shape index (κ3) is 3.97. The van der Waals surface area contributed by atoms with Crippen molar-refractivity contribution in [2.24, 2.45) is 0 Å². The fourth-order valence-electron chi connectivity index (χ4n) is 1.94. The number of aromatic nitrogens is 2. The number of imidazole rings is 1. The summed E-state index contributed by atoms with van der Waals surface area (Å²) in [5, 5.41) is 2.64. The van der Waals surface area contributed by atoms with Crippen LogP contribution in [-0.4, -0.2) is 35.7 Å². The van der Waals surface area contributed by atoms with E-state index in [1.807, 2.05) is 0 Å². The zero-order valence-electron chi connectivity index (χ0n) is 13.4. The van der Waals surface area contributed by atoms with Gasteiger partial charge >= 0.3 is 11.9 Å². The number of nitrogens with one attached hydrogen (secondary N) is 1. The molecule has 0 radical (unpaired) electrons. The molecule has 1 N–H and O–H groups in total. The Morgan fingerprint density at radius 1 is 1.29 bits per heavy atom. The highest BCUT2D eigenvalue weighted by Crippen LogP contribution is 2.20. The number of benzene rings is 1. The molecule has 0 aliphatic heterocycles. The van der Waals surface area contributed by atoms with Gasteiger partial charge in [0.1, 0.15) is 11.5 Å². The van der Waals surface area contributed by atoms with Gasteiger partial charge in [0.15, 0.2) is 0 Å². The summed E-state index contributed by atoms with van der Waals surface area (Å²) in [6.07, 6.45) is 4.11.